The molecule has 1 aromatic carbocycles. The average molecular weight is 425 g/mol. The van der Waals surface area contributed by atoms with Crippen molar-refractivity contribution in [1.29, 1.82) is 0 Å². The first kappa shape index (κ1) is 19.9. The monoisotopic (exact) mass is 425 g/mol. The van der Waals surface area contributed by atoms with Crippen LogP contribution in [0.25, 0.3) is 11.0 Å². The number of rotatable bonds is 4. The van der Waals surface area contributed by atoms with Crippen LogP contribution in [0.1, 0.15) is 29.2 Å². The van der Waals surface area contributed by atoms with E-state index in [9.17, 15) is 19.2 Å². The van der Waals surface area contributed by atoms with Crippen LogP contribution in [0.3, 0.4) is 0 Å². The van der Waals surface area contributed by atoms with E-state index in [-0.39, 0.29) is 27.9 Å². The Hall–Kier alpha value is -3.40. The van der Waals surface area contributed by atoms with E-state index in [4.69, 9.17) is 0 Å². The fraction of sp³-hybridized carbons (Fsp3) is 0.250. The van der Waals surface area contributed by atoms with Crippen LogP contribution in [0, 0.1) is 0 Å². The van der Waals surface area contributed by atoms with Gasteiger partial charge in [0.05, 0.1) is 16.6 Å². The number of aromatic amines is 1. The van der Waals surface area contributed by atoms with Crippen LogP contribution >= 0.6 is 11.8 Å². The van der Waals surface area contributed by atoms with Gasteiger partial charge in [-0.15, -0.1) is 0 Å². The molecule has 0 atom stereocenters. The molecule has 1 fully saturated rings. The van der Waals surface area contributed by atoms with Crippen LogP contribution in [-0.2, 0) is 0 Å². The number of thioether (sulfide) groups is 1. The Morgan fingerprint density at radius 1 is 1.23 bits per heavy atom. The van der Waals surface area contributed by atoms with E-state index in [1.807, 2.05) is 0 Å². The van der Waals surface area contributed by atoms with Crippen LogP contribution < -0.4 is 16.6 Å². The molecule has 1 aliphatic carbocycles. The molecule has 154 valence electrons. The molecular formula is C20H19N5O4S. The van der Waals surface area contributed by atoms with E-state index in [1.54, 1.807) is 38.4 Å². The summed E-state index contributed by atoms with van der Waals surface area (Å²) >= 11 is 0.998. The van der Waals surface area contributed by atoms with Gasteiger partial charge < -0.3 is 10.2 Å². The van der Waals surface area contributed by atoms with Crippen LogP contribution in [0.15, 0.2) is 51.0 Å². The third kappa shape index (κ3) is 3.86. The topological polar surface area (TPSA) is 117 Å². The molecule has 2 heterocycles. The van der Waals surface area contributed by atoms with Gasteiger partial charge in [0.15, 0.2) is 0 Å². The number of fused-ring (bicyclic) bond motifs is 1. The van der Waals surface area contributed by atoms with Crippen molar-refractivity contribution in [2.24, 2.45) is 0 Å². The minimum Gasteiger partial charge on any atom is -0.339 e. The number of nitrogens with zero attached hydrogens (tertiary/aromatic N) is 3. The lowest BCUT2D eigenvalue weighted by Crippen LogP contribution is -2.30. The maximum Gasteiger partial charge on any atom is 0.330 e. The number of H-pyrrole nitrogens is 1. The van der Waals surface area contributed by atoms with Gasteiger partial charge in [-0.1, -0.05) is 12.1 Å². The number of nitrogens with one attached hydrogen (secondary N) is 2. The Bertz CT molecular complexity index is 1280. The minimum absolute atomic E-state index is 0.0298. The highest BCUT2D eigenvalue weighted by Gasteiger charge is 2.28. The molecular weight excluding hydrogens is 406 g/mol. The number of carbonyl (C=O) groups is 2. The van der Waals surface area contributed by atoms with Gasteiger partial charge in [0.25, 0.3) is 16.7 Å². The van der Waals surface area contributed by atoms with Crippen molar-refractivity contribution in [3.63, 3.8) is 0 Å². The second kappa shape index (κ2) is 7.79. The molecule has 1 aliphatic rings. The van der Waals surface area contributed by atoms with Crippen molar-refractivity contribution in [3.8, 4) is 0 Å². The molecule has 1 saturated carbocycles. The van der Waals surface area contributed by atoms with Crippen molar-refractivity contribution in [3.05, 3.63) is 62.9 Å². The quantitative estimate of drug-likeness (QED) is 0.620. The van der Waals surface area contributed by atoms with Gasteiger partial charge in [0.2, 0.25) is 0 Å². The largest absolute Gasteiger partial charge is 0.339 e. The molecule has 0 saturated heterocycles. The number of aromatic nitrogens is 3. The Labute approximate surface area is 175 Å². The predicted octanol–water partition coefficient (Wildman–Crippen LogP) is 2.45. The summed E-state index contributed by atoms with van der Waals surface area (Å²) in [4.78, 5) is 57.8. The molecule has 0 radical (unpaired) electrons. The van der Waals surface area contributed by atoms with Crippen LogP contribution in [0.4, 0.5) is 10.5 Å². The van der Waals surface area contributed by atoms with E-state index in [2.05, 4.69) is 15.3 Å². The average Bonchev–Trinajstić information content (AvgIpc) is 3.54. The molecule has 9 nitrogen and oxygen atoms in total. The zero-order valence-electron chi connectivity index (χ0n) is 16.3. The Morgan fingerprint density at radius 3 is 2.67 bits per heavy atom. The standard InChI is InChI=1S/C20H19N5O4S/c1-24(2)20(29)30-15-6-4-3-5-14(15)22-17(26)11-9-13-16(21-10-11)25(12-7-8-12)19(28)23-18(13)27/h3-6,9-10,12H,7-8H2,1-2H3,(H,22,26)(H,23,27,28). The number of carbonyl (C=O) groups excluding carboxylic acids is 2. The first-order valence-electron chi connectivity index (χ1n) is 9.29. The van der Waals surface area contributed by atoms with Crippen molar-refractivity contribution in [2.45, 2.75) is 23.8 Å². The molecule has 2 N–H and O–H groups in total. The van der Waals surface area contributed by atoms with Gasteiger partial charge in [-0.2, -0.15) is 0 Å². The second-order valence-corrected chi connectivity index (χ2v) is 8.16. The smallest absolute Gasteiger partial charge is 0.330 e. The molecule has 2 aromatic heterocycles. The third-order valence-electron chi connectivity index (χ3n) is 4.65. The number of benzene rings is 1. The summed E-state index contributed by atoms with van der Waals surface area (Å²) in [6, 6.07) is 8.40. The van der Waals surface area contributed by atoms with E-state index < -0.39 is 17.2 Å². The zero-order valence-corrected chi connectivity index (χ0v) is 17.2. The van der Waals surface area contributed by atoms with Crippen molar-refractivity contribution in [2.75, 3.05) is 19.4 Å². The summed E-state index contributed by atoms with van der Waals surface area (Å²) in [5.41, 5.74) is -0.152. The lowest BCUT2D eigenvalue weighted by molar-refractivity contribution is 0.102. The van der Waals surface area contributed by atoms with Gasteiger partial charge in [-0.25, -0.2) is 9.78 Å². The van der Waals surface area contributed by atoms with Gasteiger partial charge >= 0.3 is 5.69 Å². The molecule has 0 spiro atoms. The van der Waals surface area contributed by atoms with Crippen molar-refractivity contribution < 1.29 is 9.59 Å². The minimum atomic E-state index is -0.582. The number of hydrogen-bond acceptors (Lipinski definition) is 6. The predicted molar refractivity (Wildman–Crippen MR) is 114 cm³/mol. The lowest BCUT2D eigenvalue weighted by Gasteiger charge is -2.13. The normalized spacial score (nSPS) is 13.3. The van der Waals surface area contributed by atoms with Crippen LogP contribution in [-0.4, -0.2) is 44.7 Å². The second-order valence-electron chi connectivity index (χ2n) is 7.17. The summed E-state index contributed by atoms with van der Waals surface area (Å²) in [7, 11) is 3.30. The number of pyridine rings is 1. The maximum absolute atomic E-state index is 12.8. The molecule has 0 unspecified atom stereocenters. The SMILES string of the molecule is CN(C)C(=O)Sc1ccccc1NC(=O)c1cnc2c(c1)c(=O)[nH]c(=O)n2C1CC1. The number of para-hydroxylation sites is 1. The van der Waals surface area contributed by atoms with E-state index in [0.717, 1.165) is 24.6 Å². The van der Waals surface area contributed by atoms with E-state index in [0.29, 0.717) is 10.6 Å². The summed E-state index contributed by atoms with van der Waals surface area (Å²) < 4.78 is 1.47. The highest BCUT2D eigenvalue weighted by molar-refractivity contribution is 8.13. The molecule has 3 aromatic rings. The molecule has 30 heavy (non-hydrogen) atoms. The van der Waals surface area contributed by atoms with Crippen molar-refractivity contribution >= 4 is 39.6 Å². The summed E-state index contributed by atoms with van der Waals surface area (Å²) in [5.74, 6) is -0.474. The van der Waals surface area contributed by atoms with Crippen LogP contribution in [0.5, 0.6) is 0 Å². The number of amides is 2. The third-order valence-corrected chi connectivity index (χ3v) is 5.77. The van der Waals surface area contributed by atoms with Crippen LogP contribution in [0.2, 0.25) is 0 Å². The zero-order chi connectivity index (χ0) is 21.4. The van der Waals surface area contributed by atoms with Gasteiger partial charge in [-0.3, -0.25) is 23.9 Å². The van der Waals surface area contributed by atoms with E-state index in [1.165, 1.54) is 21.7 Å². The Morgan fingerprint density at radius 2 is 1.97 bits per heavy atom. The van der Waals surface area contributed by atoms with Gasteiger partial charge in [0, 0.05) is 31.2 Å². The fourth-order valence-corrected chi connectivity index (χ4v) is 3.72. The Balaban J connectivity index is 1.66. The first-order chi connectivity index (χ1) is 14.3. The van der Waals surface area contributed by atoms with Crippen molar-refractivity contribution in [1.82, 2.24) is 19.4 Å². The van der Waals surface area contributed by atoms with Gasteiger partial charge in [-0.05, 0) is 42.8 Å². The van der Waals surface area contributed by atoms with Gasteiger partial charge in [0.1, 0.15) is 5.65 Å². The summed E-state index contributed by atoms with van der Waals surface area (Å²) in [6.07, 6.45) is 3.05. The molecule has 0 bridgehead atoms. The fourth-order valence-electron chi connectivity index (χ4n) is 2.97. The molecule has 2 amide bonds. The summed E-state index contributed by atoms with van der Waals surface area (Å²) in [6.45, 7) is 0. The highest BCUT2D eigenvalue weighted by atomic mass is 32.2. The highest BCUT2D eigenvalue weighted by Crippen LogP contribution is 2.34. The first-order valence-corrected chi connectivity index (χ1v) is 10.1. The molecule has 0 aliphatic heterocycles. The maximum atomic E-state index is 12.8. The lowest BCUT2D eigenvalue weighted by atomic mass is 10.2. The molecule has 4 rings (SSSR count). The molecule has 10 heteroatoms. The van der Waals surface area contributed by atoms with E-state index >= 15 is 0 Å². The number of hydrogen-bond donors (Lipinski definition) is 2. The Kier molecular flexibility index (Phi) is 5.17. The summed E-state index contributed by atoms with van der Waals surface area (Å²) in [5, 5.41) is 2.77. The number of anilines is 1.